The summed E-state index contributed by atoms with van der Waals surface area (Å²) < 4.78 is 6.11. The van der Waals surface area contributed by atoms with Crippen molar-refractivity contribution in [3.05, 3.63) is 119 Å². The van der Waals surface area contributed by atoms with Gasteiger partial charge in [0.2, 0.25) is 0 Å². The van der Waals surface area contributed by atoms with Crippen LogP contribution in [0.3, 0.4) is 0 Å². The van der Waals surface area contributed by atoms with Crippen LogP contribution in [-0.2, 0) is 0 Å². The molecule has 6 bridgehead atoms. The molecule has 0 saturated carbocycles. The number of nitrogens with zero attached hydrogens (tertiary/aromatic N) is 1. The number of furan rings is 1. The first kappa shape index (κ1) is 16.7. The van der Waals surface area contributed by atoms with Crippen LogP contribution in [0.4, 0.5) is 0 Å². The lowest BCUT2D eigenvalue weighted by Crippen LogP contribution is -2.30. The molecular weight excluding hydrogens is 380 g/mol. The minimum atomic E-state index is -0.103. The van der Waals surface area contributed by atoms with E-state index in [4.69, 9.17) is 9.41 Å². The van der Waals surface area contributed by atoms with Gasteiger partial charge in [-0.1, -0.05) is 66.7 Å². The molecule has 1 unspecified atom stereocenters. The van der Waals surface area contributed by atoms with Gasteiger partial charge in [-0.15, -0.1) is 0 Å². The standard InChI is InChI=1S/C28H18N2O/c1-3-7-17(8-4-1)26-25-19-11-13-23-21(15-19)22-16-20(12-14-24(22)31-23)28(29-26)30-27(25)18-9-5-2-6-10-18/h1-16,26H,(H,29,30). The fourth-order valence-electron chi connectivity index (χ4n) is 4.80. The first-order valence-electron chi connectivity index (χ1n) is 10.5. The molecule has 8 rings (SSSR count). The van der Waals surface area contributed by atoms with Crippen molar-refractivity contribution in [2.75, 3.05) is 0 Å². The molecule has 0 spiro atoms. The first-order valence-corrected chi connectivity index (χ1v) is 10.5. The van der Waals surface area contributed by atoms with E-state index in [2.05, 4.69) is 102 Å². The summed E-state index contributed by atoms with van der Waals surface area (Å²) in [4.78, 5) is 5.23. The Hall–Kier alpha value is -4.11. The molecule has 3 heteroatoms. The molecule has 3 aliphatic rings. The van der Waals surface area contributed by atoms with Crippen LogP contribution >= 0.6 is 0 Å². The summed E-state index contributed by atoms with van der Waals surface area (Å²) in [6.07, 6.45) is 0. The van der Waals surface area contributed by atoms with Crippen LogP contribution < -0.4 is 5.32 Å². The molecule has 146 valence electrons. The van der Waals surface area contributed by atoms with Gasteiger partial charge in [0.15, 0.2) is 0 Å². The van der Waals surface area contributed by atoms with Crippen LogP contribution in [0.1, 0.15) is 28.3 Å². The Bertz CT molecular complexity index is 1540. The van der Waals surface area contributed by atoms with Gasteiger partial charge in [0, 0.05) is 21.9 Å². The SMILES string of the molecule is c1ccc(C2=C3c4ccc5oc6ccc(cc6c5c4)C(=NC3c3ccccc3)N2)cc1. The molecule has 3 aliphatic heterocycles. The maximum Gasteiger partial charge on any atom is 0.135 e. The van der Waals surface area contributed by atoms with E-state index in [1.165, 1.54) is 11.1 Å². The number of hydrogen-bond donors (Lipinski definition) is 1. The van der Waals surface area contributed by atoms with E-state index in [0.29, 0.717) is 0 Å². The van der Waals surface area contributed by atoms with Crippen LogP contribution in [0, 0.1) is 0 Å². The lowest BCUT2D eigenvalue weighted by Gasteiger charge is -2.30. The normalized spacial score (nSPS) is 17.0. The summed E-state index contributed by atoms with van der Waals surface area (Å²) in [6, 6.07) is 33.8. The van der Waals surface area contributed by atoms with E-state index >= 15 is 0 Å². The van der Waals surface area contributed by atoms with E-state index in [1.807, 2.05) is 0 Å². The molecule has 3 nitrogen and oxygen atoms in total. The number of hydrogen-bond acceptors (Lipinski definition) is 3. The fraction of sp³-hybridized carbons (Fsp3) is 0.0357. The molecule has 1 N–H and O–H groups in total. The van der Waals surface area contributed by atoms with Crippen molar-refractivity contribution in [2.45, 2.75) is 6.04 Å². The van der Waals surface area contributed by atoms with Gasteiger partial charge >= 0.3 is 0 Å². The Balaban J connectivity index is 1.63. The number of fused-ring (bicyclic) bond motifs is 2. The third-order valence-corrected chi connectivity index (χ3v) is 6.28. The van der Waals surface area contributed by atoms with E-state index < -0.39 is 0 Å². The molecule has 0 aliphatic carbocycles. The second-order valence-corrected chi connectivity index (χ2v) is 8.09. The third kappa shape index (κ3) is 2.44. The van der Waals surface area contributed by atoms with E-state index in [0.717, 1.165) is 50.2 Å². The molecule has 5 aromatic rings. The smallest absolute Gasteiger partial charge is 0.135 e. The predicted octanol–water partition coefficient (Wildman–Crippen LogP) is 6.56. The molecule has 0 fully saturated rings. The minimum Gasteiger partial charge on any atom is -0.456 e. The molecule has 1 aromatic heterocycles. The van der Waals surface area contributed by atoms with Crippen molar-refractivity contribution >= 4 is 39.0 Å². The number of rotatable bonds is 2. The summed E-state index contributed by atoms with van der Waals surface area (Å²) in [7, 11) is 0. The number of amidine groups is 1. The molecular formula is C28H18N2O. The van der Waals surface area contributed by atoms with Crippen molar-refractivity contribution < 1.29 is 4.42 Å². The lowest BCUT2D eigenvalue weighted by molar-refractivity contribution is 0.669. The summed E-state index contributed by atoms with van der Waals surface area (Å²) >= 11 is 0. The Morgan fingerprint density at radius 3 is 2.03 bits per heavy atom. The van der Waals surface area contributed by atoms with Crippen LogP contribution in [0.15, 0.2) is 106 Å². The highest BCUT2D eigenvalue weighted by atomic mass is 16.3. The average Bonchev–Trinajstić information content (AvgIpc) is 3.23. The highest BCUT2D eigenvalue weighted by Crippen LogP contribution is 2.43. The van der Waals surface area contributed by atoms with Gasteiger partial charge in [-0.25, -0.2) is 0 Å². The Morgan fingerprint density at radius 1 is 0.645 bits per heavy atom. The van der Waals surface area contributed by atoms with Gasteiger partial charge < -0.3 is 9.73 Å². The van der Waals surface area contributed by atoms with Crippen LogP contribution in [0.5, 0.6) is 0 Å². The topological polar surface area (TPSA) is 37.5 Å². The van der Waals surface area contributed by atoms with Crippen LogP contribution in [0.2, 0.25) is 0 Å². The van der Waals surface area contributed by atoms with Gasteiger partial charge in [0.1, 0.15) is 23.0 Å². The Kier molecular flexibility index (Phi) is 3.33. The molecule has 0 amide bonds. The average molecular weight is 398 g/mol. The number of nitrogens with one attached hydrogen (secondary N) is 1. The molecule has 0 radical (unpaired) electrons. The van der Waals surface area contributed by atoms with Gasteiger partial charge in [-0.05, 0) is 47.0 Å². The van der Waals surface area contributed by atoms with Gasteiger partial charge in [-0.2, -0.15) is 0 Å². The predicted molar refractivity (Wildman–Crippen MR) is 126 cm³/mol. The van der Waals surface area contributed by atoms with Crippen molar-refractivity contribution in [1.82, 2.24) is 5.32 Å². The van der Waals surface area contributed by atoms with E-state index in [1.54, 1.807) is 0 Å². The largest absolute Gasteiger partial charge is 0.456 e. The van der Waals surface area contributed by atoms with Crippen molar-refractivity contribution in [3.8, 4) is 0 Å². The maximum atomic E-state index is 6.11. The Morgan fingerprint density at radius 2 is 1.29 bits per heavy atom. The summed E-state index contributed by atoms with van der Waals surface area (Å²) in [5, 5.41) is 5.96. The molecule has 1 atom stereocenters. The van der Waals surface area contributed by atoms with Gasteiger partial charge in [0.25, 0.3) is 0 Å². The lowest BCUT2D eigenvalue weighted by atomic mass is 9.86. The summed E-state index contributed by atoms with van der Waals surface area (Å²) in [5.41, 5.74) is 8.67. The van der Waals surface area contributed by atoms with Crippen molar-refractivity contribution in [1.29, 1.82) is 0 Å². The quantitative estimate of drug-likeness (QED) is 0.366. The number of benzene rings is 4. The van der Waals surface area contributed by atoms with Gasteiger partial charge in [-0.3, -0.25) is 4.99 Å². The van der Waals surface area contributed by atoms with E-state index in [-0.39, 0.29) is 6.04 Å². The van der Waals surface area contributed by atoms with Crippen LogP contribution in [0.25, 0.3) is 33.2 Å². The fourth-order valence-corrected chi connectivity index (χ4v) is 4.80. The number of aliphatic imine (C=N–C) groups is 1. The molecule has 4 heterocycles. The van der Waals surface area contributed by atoms with Crippen LogP contribution in [-0.4, -0.2) is 5.84 Å². The molecule has 0 saturated heterocycles. The second-order valence-electron chi connectivity index (χ2n) is 8.09. The molecule has 31 heavy (non-hydrogen) atoms. The first-order chi connectivity index (χ1) is 15.3. The summed E-state index contributed by atoms with van der Waals surface area (Å²) in [6.45, 7) is 0. The Labute approximate surface area is 179 Å². The zero-order valence-electron chi connectivity index (χ0n) is 16.7. The molecule has 4 aromatic carbocycles. The van der Waals surface area contributed by atoms with E-state index in [9.17, 15) is 0 Å². The van der Waals surface area contributed by atoms with Crippen molar-refractivity contribution in [3.63, 3.8) is 0 Å². The zero-order chi connectivity index (χ0) is 20.4. The van der Waals surface area contributed by atoms with Gasteiger partial charge in [0.05, 0.1) is 5.70 Å². The van der Waals surface area contributed by atoms with Crippen molar-refractivity contribution in [2.24, 2.45) is 4.99 Å². The minimum absolute atomic E-state index is 0.103. The highest BCUT2D eigenvalue weighted by Gasteiger charge is 2.30. The highest BCUT2D eigenvalue weighted by molar-refractivity contribution is 6.16. The monoisotopic (exact) mass is 398 g/mol. The second kappa shape index (κ2) is 6.19. The summed E-state index contributed by atoms with van der Waals surface area (Å²) in [5.74, 6) is 0.887. The zero-order valence-corrected chi connectivity index (χ0v) is 16.7. The third-order valence-electron chi connectivity index (χ3n) is 6.28. The maximum absolute atomic E-state index is 6.11.